The molecular weight excluding hydrogens is 350 g/mol. The lowest BCUT2D eigenvalue weighted by atomic mass is 9.97. The van der Waals surface area contributed by atoms with Crippen molar-refractivity contribution in [1.82, 2.24) is 9.97 Å². The summed E-state index contributed by atoms with van der Waals surface area (Å²) in [5, 5.41) is 13.6. The smallest absolute Gasteiger partial charge is 0.277 e. The van der Waals surface area contributed by atoms with Gasteiger partial charge in [-0.05, 0) is 18.2 Å². The third-order valence-electron chi connectivity index (χ3n) is 4.93. The molecule has 28 heavy (non-hydrogen) atoms. The van der Waals surface area contributed by atoms with E-state index in [2.05, 4.69) is 4.98 Å². The summed E-state index contributed by atoms with van der Waals surface area (Å²) in [5.41, 5.74) is 4.87. The molecular formula is C23H15N3O2. The van der Waals surface area contributed by atoms with Crippen molar-refractivity contribution in [3.8, 4) is 22.4 Å². The topological polar surface area (TPSA) is 71.8 Å². The summed E-state index contributed by atoms with van der Waals surface area (Å²) in [6.07, 6.45) is 0. The van der Waals surface area contributed by atoms with E-state index in [0.29, 0.717) is 5.56 Å². The molecule has 0 aliphatic carbocycles. The molecule has 1 N–H and O–H groups in total. The molecule has 0 amide bonds. The van der Waals surface area contributed by atoms with E-state index in [1.54, 1.807) is 18.2 Å². The van der Waals surface area contributed by atoms with Crippen molar-refractivity contribution in [2.75, 3.05) is 0 Å². The Labute approximate surface area is 160 Å². The number of pyridine rings is 1. The molecule has 5 heteroatoms. The van der Waals surface area contributed by atoms with Crippen LogP contribution in [-0.2, 0) is 0 Å². The van der Waals surface area contributed by atoms with Crippen LogP contribution >= 0.6 is 0 Å². The van der Waals surface area contributed by atoms with Gasteiger partial charge in [0.25, 0.3) is 5.69 Å². The van der Waals surface area contributed by atoms with E-state index in [9.17, 15) is 10.1 Å². The zero-order chi connectivity index (χ0) is 19.1. The summed E-state index contributed by atoms with van der Waals surface area (Å²) in [6.45, 7) is 0. The zero-order valence-electron chi connectivity index (χ0n) is 14.8. The second kappa shape index (κ2) is 6.32. The number of rotatable bonds is 3. The van der Waals surface area contributed by atoms with Gasteiger partial charge in [0, 0.05) is 33.5 Å². The van der Waals surface area contributed by atoms with Crippen LogP contribution in [0.2, 0.25) is 0 Å². The fraction of sp³-hybridized carbons (Fsp3) is 0. The minimum Gasteiger partial charge on any atom is -0.339 e. The van der Waals surface area contributed by atoms with Gasteiger partial charge in [-0.1, -0.05) is 60.7 Å². The van der Waals surface area contributed by atoms with Gasteiger partial charge in [0.1, 0.15) is 5.65 Å². The maximum atomic E-state index is 11.7. The maximum Gasteiger partial charge on any atom is 0.277 e. The predicted molar refractivity (Wildman–Crippen MR) is 111 cm³/mol. The SMILES string of the molecule is O=[N+]([O-])c1ccccc1-c1cc(-c2ccccc2)nc2[nH]c3ccccc3c12. The first-order chi connectivity index (χ1) is 13.7. The molecule has 0 aliphatic heterocycles. The highest BCUT2D eigenvalue weighted by molar-refractivity contribution is 6.14. The minimum absolute atomic E-state index is 0.0827. The fourth-order valence-corrected chi connectivity index (χ4v) is 3.68. The Kier molecular flexibility index (Phi) is 3.66. The van der Waals surface area contributed by atoms with E-state index < -0.39 is 0 Å². The predicted octanol–water partition coefficient (Wildman–Crippen LogP) is 5.96. The van der Waals surface area contributed by atoms with Crippen LogP contribution in [0.5, 0.6) is 0 Å². The molecule has 5 aromatic rings. The Bertz CT molecular complexity index is 1340. The van der Waals surface area contributed by atoms with Crippen molar-refractivity contribution in [2.45, 2.75) is 0 Å². The highest BCUT2D eigenvalue weighted by atomic mass is 16.6. The Morgan fingerprint density at radius 2 is 1.54 bits per heavy atom. The van der Waals surface area contributed by atoms with E-state index in [0.717, 1.165) is 38.8 Å². The van der Waals surface area contributed by atoms with Crippen molar-refractivity contribution in [3.05, 3.63) is 95.0 Å². The van der Waals surface area contributed by atoms with Gasteiger partial charge in [-0.15, -0.1) is 0 Å². The van der Waals surface area contributed by atoms with E-state index >= 15 is 0 Å². The molecule has 2 heterocycles. The molecule has 0 fully saturated rings. The number of nitro benzene ring substituents is 1. The molecule has 2 aromatic heterocycles. The monoisotopic (exact) mass is 365 g/mol. The molecule has 5 rings (SSSR count). The number of nitrogens with one attached hydrogen (secondary N) is 1. The third kappa shape index (κ3) is 2.53. The standard InChI is InChI=1S/C23H15N3O2/c27-26(28)21-13-7-5-10-16(21)18-14-20(15-8-2-1-3-9-15)25-23-22(18)17-11-4-6-12-19(17)24-23/h1-14H,(H,24,25). The van der Waals surface area contributed by atoms with Gasteiger partial charge < -0.3 is 4.98 Å². The van der Waals surface area contributed by atoms with Crippen molar-refractivity contribution in [1.29, 1.82) is 0 Å². The lowest BCUT2D eigenvalue weighted by molar-refractivity contribution is -0.384. The molecule has 0 atom stereocenters. The second-order valence-corrected chi connectivity index (χ2v) is 6.59. The number of hydrogen-bond acceptors (Lipinski definition) is 3. The molecule has 0 spiro atoms. The number of hydrogen-bond donors (Lipinski definition) is 1. The average molecular weight is 365 g/mol. The van der Waals surface area contributed by atoms with Gasteiger partial charge in [0.15, 0.2) is 0 Å². The van der Waals surface area contributed by atoms with E-state index in [4.69, 9.17) is 4.98 Å². The third-order valence-corrected chi connectivity index (χ3v) is 4.93. The van der Waals surface area contributed by atoms with Crippen molar-refractivity contribution >= 4 is 27.6 Å². The van der Waals surface area contributed by atoms with Crippen LogP contribution in [0.1, 0.15) is 0 Å². The van der Waals surface area contributed by atoms with Crippen LogP contribution in [-0.4, -0.2) is 14.9 Å². The van der Waals surface area contributed by atoms with Crippen molar-refractivity contribution in [3.63, 3.8) is 0 Å². The first-order valence-electron chi connectivity index (χ1n) is 8.93. The molecule has 0 saturated heterocycles. The van der Waals surface area contributed by atoms with Gasteiger partial charge in [-0.3, -0.25) is 10.1 Å². The van der Waals surface area contributed by atoms with Gasteiger partial charge in [-0.2, -0.15) is 0 Å². The van der Waals surface area contributed by atoms with Crippen LogP contribution in [0.25, 0.3) is 44.3 Å². The molecule has 0 bridgehead atoms. The fourth-order valence-electron chi connectivity index (χ4n) is 3.68. The first-order valence-corrected chi connectivity index (χ1v) is 8.93. The van der Waals surface area contributed by atoms with Crippen molar-refractivity contribution in [2.24, 2.45) is 0 Å². The Morgan fingerprint density at radius 3 is 2.36 bits per heavy atom. The highest BCUT2D eigenvalue weighted by Gasteiger charge is 2.20. The summed E-state index contributed by atoms with van der Waals surface area (Å²) in [4.78, 5) is 19.5. The largest absolute Gasteiger partial charge is 0.339 e. The quantitative estimate of drug-likeness (QED) is 0.317. The number of fused-ring (bicyclic) bond motifs is 3. The molecule has 0 aliphatic rings. The van der Waals surface area contributed by atoms with Crippen LogP contribution < -0.4 is 0 Å². The summed E-state index contributed by atoms with van der Waals surface area (Å²) in [5.74, 6) is 0. The number of H-pyrrole nitrogens is 1. The number of nitrogens with zero attached hydrogens (tertiary/aromatic N) is 2. The lowest BCUT2D eigenvalue weighted by Crippen LogP contribution is -1.94. The second-order valence-electron chi connectivity index (χ2n) is 6.59. The van der Waals surface area contributed by atoms with Gasteiger partial charge in [0.05, 0.1) is 16.2 Å². The Morgan fingerprint density at radius 1 is 0.821 bits per heavy atom. The van der Waals surface area contributed by atoms with Gasteiger partial charge >= 0.3 is 0 Å². The molecule has 0 radical (unpaired) electrons. The van der Waals surface area contributed by atoms with E-state index in [1.165, 1.54) is 0 Å². The number of aromatic nitrogens is 2. The maximum absolute atomic E-state index is 11.7. The summed E-state index contributed by atoms with van der Waals surface area (Å²) < 4.78 is 0. The number of benzene rings is 3. The Balaban J connectivity index is 1.92. The summed E-state index contributed by atoms with van der Waals surface area (Å²) in [6, 6.07) is 26.5. The summed E-state index contributed by atoms with van der Waals surface area (Å²) in [7, 11) is 0. The zero-order valence-corrected chi connectivity index (χ0v) is 14.8. The molecule has 0 unspecified atom stereocenters. The van der Waals surface area contributed by atoms with Gasteiger partial charge in [-0.25, -0.2) is 4.98 Å². The summed E-state index contributed by atoms with van der Waals surface area (Å²) >= 11 is 0. The number of para-hydroxylation sites is 2. The van der Waals surface area contributed by atoms with Crippen molar-refractivity contribution < 1.29 is 4.92 Å². The first kappa shape index (κ1) is 16.2. The van der Waals surface area contributed by atoms with Crippen LogP contribution in [0.15, 0.2) is 84.9 Å². The molecule has 3 aromatic carbocycles. The average Bonchev–Trinajstić information content (AvgIpc) is 3.12. The molecule has 5 nitrogen and oxygen atoms in total. The lowest BCUT2D eigenvalue weighted by Gasteiger charge is -2.09. The normalized spacial score (nSPS) is 11.1. The Hall–Kier alpha value is -3.99. The highest BCUT2D eigenvalue weighted by Crippen LogP contribution is 2.39. The van der Waals surface area contributed by atoms with Gasteiger partial charge in [0.2, 0.25) is 0 Å². The number of aromatic amines is 1. The number of nitro groups is 1. The van der Waals surface area contributed by atoms with E-state index in [-0.39, 0.29) is 10.6 Å². The minimum atomic E-state index is -0.335. The van der Waals surface area contributed by atoms with Crippen LogP contribution in [0, 0.1) is 10.1 Å². The molecule has 134 valence electrons. The van der Waals surface area contributed by atoms with E-state index in [1.807, 2.05) is 66.7 Å². The van der Waals surface area contributed by atoms with Crippen LogP contribution in [0.3, 0.4) is 0 Å². The molecule has 0 saturated carbocycles. The van der Waals surface area contributed by atoms with Crippen LogP contribution in [0.4, 0.5) is 5.69 Å².